The lowest BCUT2D eigenvalue weighted by molar-refractivity contribution is -0.113. The van der Waals surface area contributed by atoms with E-state index in [2.05, 4.69) is 20.7 Å². The van der Waals surface area contributed by atoms with E-state index in [1.807, 2.05) is 26.0 Å². The smallest absolute Gasteiger partial charge is 0.256 e. The first-order valence-electron chi connectivity index (χ1n) is 8.98. The summed E-state index contributed by atoms with van der Waals surface area (Å²) in [4.78, 5) is 19.8. The molecule has 0 bridgehead atoms. The van der Waals surface area contributed by atoms with E-state index >= 15 is 0 Å². The molecule has 3 heterocycles. The first-order valence-corrected chi connectivity index (χ1v) is 9.80. The van der Waals surface area contributed by atoms with Crippen LogP contribution in [0, 0.1) is 6.92 Å². The van der Waals surface area contributed by atoms with Gasteiger partial charge in [-0.15, -0.1) is 11.3 Å². The SMILES string of the molecule is COc1ccc(OC)c(NC(=O)C2=C(C)Nc3ncnn3[C@@H]2c2ccc(C)s2)c1. The highest BCUT2D eigenvalue weighted by Gasteiger charge is 2.34. The molecular formula is C20H21N5O3S. The zero-order chi connectivity index (χ0) is 20.5. The van der Waals surface area contributed by atoms with Crippen molar-refractivity contribution >= 4 is 28.9 Å². The molecule has 0 fully saturated rings. The average molecular weight is 411 g/mol. The van der Waals surface area contributed by atoms with Gasteiger partial charge in [0.15, 0.2) is 0 Å². The van der Waals surface area contributed by atoms with Crippen LogP contribution in [0.1, 0.15) is 22.7 Å². The van der Waals surface area contributed by atoms with Crippen LogP contribution in [0.25, 0.3) is 0 Å². The van der Waals surface area contributed by atoms with Crippen LogP contribution in [0.3, 0.4) is 0 Å². The van der Waals surface area contributed by atoms with E-state index in [1.54, 1.807) is 48.4 Å². The van der Waals surface area contributed by atoms with Gasteiger partial charge in [-0.05, 0) is 38.1 Å². The first-order chi connectivity index (χ1) is 14.0. The van der Waals surface area contributed by atoms with Crippen LogP contribution in [0.2, 0.25) is 0 Å². The molecule has 1 aliphatic rings. The molecule has 1 aromatic carbocycles. The average Bonchev–Trinajstić information content (AvgIpc) is 3.35. The molecule has 1 amide bonds. The van der Waals surface area contributed by atoms with Crippen molar-refractivity contribution in [2.75, 3.05) is 24.9 Å². The Labute approximate surface area is 172 Å². The van der Waals surface area contributed by atoms with E-state index in [0.717, 1.165) is 15.5 Å². The number of methoxy groups -OCH3 is 2. The minimum absolute atomic E-state index is 0.251. The highest BCUT2D eigenvalue weighted by atomic mass is 32.1. The van der Waals surface area contributed by atoms with Gasteiger partial charge in [0, 0.05) is 21.5 Å². The van der Waals surface area contributed by atoms with Crippen molar-refractivity contribution < 1.29 is 14.3 Å². The Bertz CT molecular complexity index is 1100. The summed E-state index contributed by atoms with van der Waals surface area (Å²) < 4.78 is 12.4. The third-order valence-electron chi connectivity index (χ3n) is 4.72. The zero-order valence-corrected chi connectivity index (χ0v) is 17.3. The number of benzene rings is 1. The number of amides is 1. The van der Waals surface area contributed by atoms with E-state index < -0.39 is 0 Å². The lowest BCUT2D eigenvalue weighted by atomic mass is 10.0. The number of carbonyl (C=O) groups is 1. The van der Waals surface area contributed by atoms with Crippen molar-refractivity contribution in [1.82, 2.24) is 14.8 Å². The Hall–Kier alpha value is -3.33. The van der Waals surface area contributed by atoms with Gasteiger partial charge in [0.05, 0.1) is 25.5 Å². The van der Waals surface area contributed by atoms with Gasteiger partial charge in [-0.3, -0.25) is 4.79 Å². The minimum atomic E-state index is -0.371. The van der Waals surface area contributed by atoms with Gasteiger partial charge in [-0.25, -0.2) is 4.68 Å². The second-order valence-corrected chi connectivity index (χ2v) is 7.88. The number of fused-ring (bicyclic) bond motifs is 1. The van der Waals surface area contributed by atoms with Crippen molar-refractivity contribution in [3.8, 4) is 11.5 Å². The Morgan fingerprint density at radius 2 is 2.03 bits per heavy atom. The predicted octanol–water partition coefficient (Wildman–Crippen LogP) is 3.59. The van der Waals surface area contributed by atoms with Gasteiger partial charge in [0.1, 0.15) is 23.9 Å². The Kier molecular flexibility index (Phi) is 4.98. The van der Waals surface area contributed by atoms with Crippen molar-refractivity contribution in [2.45, 2.75) is 19.9 Å². The summed E-state index contributed by atoms with van der Waals surface area (Å²) in [6, 6.07) is 8.95. The monoisotopic (exact) mass is 411 g/mol. The van der Waals surface area contributed by atoms with Crippen LogP contribution in [0.15, 0.2) is 47.9 Å². The second kappa shape index (κ2) is 7.59. The zero-order valence-electron chi connectivity index (χ0n) is 16.5. The molecule has 2 N–H and O–H groups in total. The number of ether oxygens (including phenoxy) is 2. The first kappa shape index (κ1) is 19.0. The minimum Gasteiger partial charge on any atom is -0.497 e. The fourth-order valence-electron chi connectivity index (χ4n) is 3.35. The van der Waals surface area contributed by atoms with Gasteiger partial charge in [-0.2, -0.15) is 10.1 Å². The number of thiophene rings is 1. The third kappa shape index (κ3) is 3.44. The van der Waals surface area contributed by atoms with Crippen LogP contribution in [-0.4, -0.2) is 34.9 Å². The summed E-state index contributed by atoms with van der Waals surface area (Å²) in [6.45, 7) is 3.90. The molecule has 1 aliphatic heterocycles. The van der Waals surface area contributed by atoms with Crippen LogP contribution < -0.4 is 20.1 Å². The maximum atomic E-state index is 13.4. The normalized spacial score (nSPS) is 15.5. The fourth-order valence-corrected chi connectivity index (χ4v) is 4.32. The number of rotatable bonds is 5. The fraction of sp³-hybridized carbons (Fsp3) is 0.250. The molecule has 29 heavy (non-hydrogen) atoms. The molecule has 9 heteroatoms. The molecule has 8 nitrogen and oxygen atoms in total. The number of aryl methyl sites for hydroxylation is 1. The third-order valence-corrected chi connectivity index (χ3v) is 5.78. The molecule has 0 unspecified atom stereocenters. The van der Waals surface area contributed by atoms with Gasteiger partial charge in [0.2, 0.25) is 5.95 Å². The van der Waals surface area contributed by atoms with Gasteiger partial charge < -0.3 is 20.1 Å². The molecule has 0 saturated carbocycles. The van der Waals surface area contributed by atoms with E-state index in [9.17, 15) is 4.79 Å². The number of hydrogen-bond acceptors (Lipinski definition) is 7. The molecule has 150 valence electrons. The molecule has 4 rings (SSSR count). The quantitative estimate of drug-likeness (QED) is 0.667. The number of allylic oxidation sites excluding steroid dienone is 1. The number of nitrogens with one attached hydrogen (secondary N) is 2. The highest BCUT2D eigenvalue weighted by molar-refractivity contribution is 7.12. The van der Waals surface area contributed by atoms with Crippen LogP contribution in [0.5, 0.6) is 11.5 Å². The highest BCUT2D eigenvalue weighted by Crippen LogP contribution is 2.39. The molecule has 3 aromatic rings. The standard InChI is InChI=1S/C20H21N5O3S/c1-11-5-8-16(29-11)18-17(12(2)23-20-21-10-22-25(18)20)19(26)24-14-9-13(27-3)6-7-15(14)28-4/h5-10,18H,1-4H3,(H,24,26)(H,21,22,23)/t18-/m1/s1. The van der Waals surface area contributed by atoms with Crippen LogP contribution in [0.4, 0.5) is 11.6 Å². The Balaban J connectivity index is 1.75. The lowest BCUT2D eigenvalue weighted by Crippen LogP contribution is -2.31. The topological polar surface area (TPSA) is 90.3 Å². The summed E-state index contributed by atoms with van der Waals surface area (Å²) in [5.74, 6) is 1.52. The number of hydrogen-bond donors (Lipinski definition) is 2. The summed E-state index contributed by atoms with van der Waals surface area (Å²) in [5, 5.41) is 10.5. The summed E-state index contributed by atoms with van der Waals surface area (Å²) >= 11 is 1.63. The summed E-state index contributed by atoms with van der Waals surface area (Å²) in [5.41, 5.74) is 1.82. The second-order valence-electron chi connectivity index (χ2n) is 6.56. The van der Waals surface area contributed by atoms with Crippen LogP contribution in [-0.2, 0) is 4.79 Å². The maximum absolute atomic E-state index is 13.4. The maximum Gasteiger partial charge on any atom is 0.256 e. The van der Waals surface area contributed by atoms with Gasteiger partial charge in [-0.1, -0.05) is 0 Å². The number of aromatic nitrogens is 3. The summed E-state index contributed by atoms with van der Waals surface area (Å²) in [6.07, 6.45) is 1.48. The predicted molar refractivity (Wildman–Crippen MR) is 112 cm³/mol. The van der Waals surface area contributed by atoms with Crippen molar-refractivity contribution in [1.29, 1.82) is 0 Å². The molecule has 0 radical (unpaired) electrons. The van der Waals surface area contributed by atoms with Crippen molar-refractivity contribution in [2.24, 2.45) is 0 Å². The van der Waals surface area contributed by atoms with E-state index in [4.69, 9.17) is 9.47 Å². The Morgan fingerprint density at radius 1 is 1.21 bits per heavy atom. The van der Waals surface area contributed by atoms with Gasteiger partial charge >= 0.3 is 0 Å². The van der Waals surface area contributed by atoms with Gasteiger partial charge in [0.25, 0.3) is 5.91 Å². The number of anilines is 2. The molecule has 1 atom stereocenters. The number of nitrogens with zero attached hydrogens (tertiary/aromatic N) is 3. The van der Waals surface area contributed by atoms with E-state index in [0.29, 0.717) is 28.7 Å². The molecule has 0 saturated heterocycles. The number of carbonyl (C=O) groups excluding carboxylic acids is 1. The largest absolute Gasteiger partial charge is 0.497 e. The Morgan fingerprint density at radius 3 is 2.72 bits per heavy atom. The van der Waals surface area contributed by atoms with Crippen molar-refractivity contribution in [3.05, 3.63) is 57.7 Å². The molecule has 0 spiro atoms. The van der Waals surface area contributed by atoms with E-state index in [-0.39, 0.29) is 11.9 Å². The lowest BCUT2D eigenvalue weighted by Gasteiger charge is -2.28. The molecule has 2 aromatic heterocycles. The molecular weight excluding hydrogens is 390 g/mol. The van der Waals surface area contributed by atoms with Crippen molar-refractivity contribution in [3.63, 3.8) is 0 Å². The summed E-state index contributed by atoms with van der Waals surface area (Å²) in [7, 11) is 3.13. The van der Waals surface area contributed by atoms with Crippen LogP contribution >= 0.6 is 11.3 Å². The molecule has 0 aliphatic carbocycles. The van der Waals surface area contributed by atoms with E-state index in [1.165, 1.54) is 6.33 Å².